The van der Waals surface area contributed by atoms with Crippen molar-refractivity contribution in [2.75, 3.05) is 26.3 Å². The number of ether oxygens (including phenoxy) is 2. The second-order valence-corrected chi connectivity index (χ2v) is 8.74. The molecule has 0 spiro atoms. The van der Waals surface area contributed by atoms with E-state index >= 15 is 0 Å². The molecule has 2 aliphatic rings. The molecule has 0 bridgehead atoms. The second-order valence-electron chi connectivity index (χ2n) is 8.74. The van der Waals surface area contributed by atoms with Crippen LogP contribution in [0.4, 0.5) is 13.2 Å². The number of carbonyl (C=O) groups is 2. The molecule has 6 nitrogen and oxygen atoms in total. The smallest absolute Gasteiger partial charge is 0.256 e. The minimum Gasteiger partial charge on any atom is -0.490 e. The van der Waals surface area contributed by atoms with Gasteiger partial charge in [-0.1, -0.05) is 6.07 Å². The number of fused-ring (bicyclic) bond motifs is 1. The lowest BCUT2D eigenvalue weighted by atomic mass is 9.97. The van der Waals surface area contributed by atoms with Crippen LogP contribution in [0.2, 0.25) is 0 Å². The van der Waals surface area contributed by atoms with E-state index in [0.29, 0.717) is 35.5 Å². The summed E-state index contributed by atoms with van der Waals surface area (Å²) in [5.41, 5.74) is 2.02. The Balaban J connectivity index is 1.18. The monoisotopic (exact) mass is 482 g/mol. The van der Waals surface area contributed by atoms with Gasteiger partial charge in [-0.25, -0.2) is 13.8 Å². The predicted molar refractivity (Wildman–Crippen MR) is 120 cm³/mol. The Bertz CT molecular complexity index is 1340. The summed E-state index contributed by atoms with van der Waals surface area (Å²) < 4.78 is 53.1. The zero-order valence-corrected chi connectivity index (χ0v) is 18.8. The molecule has 1 amide bonds. The van der Waals surface area contributed by atoms with Crippen LogP contribution in [-0.2, 0) is 11.2 Å². The minimum atomic E-state index is -0.698. The molecule has 0 radical (unpaired) electrons. The molecule has 3 aromatic rings. The van der Waals surface area contributed by atoms with Crippen molar-refractivity contribution in [3.05, 3.63) is 76.9 Å². The first-order valence-corrected chi connectivity index (χ1v) is 11.1. The molecule has 5 rings (SSSR count). The van der Waals surface area contributed by atoms with Gasteiger partial charge in [0.15, 0.2) is 17.3 Å². The van der Waals surface area contributed by atoms with Gasteiger partial charge in [-0.05, 0) is 42.8 Å². The van der Waals surface area contributed by atoms with E-state index in [1.165, 1.54) is 29.2 Å². The third-order valence-corrected chi connectivity index (χ3v) is 6.17. The van der Waals surface area contributed by atoms with Gasteiger partial charge in [0.2, 0.25) is 5.95 Å². The molecule has 1 aromatic heterocycles. The molecule has 180 valence electrons. The van der Waals surface area contributed by atoms with Gasteiger partial charge in [0.1, 0.15) is 18.2 Å². The average Bonchev–Trinajstić information content (AvgIpc) is 2.78. The number of nitrogens with zero attached hydrogens (tertiary/aromatic N) is 2. The van der Waals surface area contributed by atoms with Crippen LogP contribution >= 0.6 is 0 Å². The first-order valence-electron chi connectivity index (χ1n) is 11.1. The van der Waals surface area contributed by atoms with Crippen molar-refractivity contribution in [3.63, 3.8) is 0 Å². The highest BCUT2D eigenvalue weighted by Gasteiger charge is 2.34. The number of hydrogen-bond acceptors (Lipinski definition) is 5. The number of rotatable bonds is 5. The first-order chi connectivity index (χ1) is 16.8. The molecule has 35 heavy (non-hydrogen) atoms. The van der Waals surface area contributed by atoms with Crippen LogP contribution in [0.25, 0.3) is 11.1 Å². The van der Waals surface area contributed by atoms with E-state index < -0.39 is 23.5 Å². The van der Waals surface area contributed by atoms with Gasteiger partial charge in [0, 0.05) is 48.3 Å². The molecule has 0 N–H and O–H groups in total. The Morgan fingerprint density at radius 1 is 1.11 bits per heavy atom. The zero-order valence-electron chi connectivity index (χ0n) is 18.8. The lowest BCUT2D eigenvalue weighted by Gasteiger charge is -2.39. The van der Waals surface area contributed by atoms with E-state index in [2.05, 4.69) is 4.98 Å². The van der Waals surface area contributed by atoms with Gasteiger partial charge in [0.05, 0.1) is 12.2 Å². The number of ketones is 1. The first kappa shape index (κ1) is 22.9. The molecule has 0 unspecified atom stereocenters. The van der Waals surface area contributed by atoms with Crippen LogP contribution in [0.1, 0.15) is 21.6 Å². The van der Waals surface area contributed by atoms with Gasteiger partial charge >= 0.3 is 0 Å². The molecule has 0 atom stereocenters. The maximum atomic E-state index is 14.6. The number of benzene rings is 2. The SMILES string of the molecule is Cc1nc(F)ccc1-c1ccc(OCC2CN(C(=O)c3cc4c(cc3F)OCC(=O)C4)C2)c(F)c1. The number of Topliss-reactive ketones (excluding diaryl/α,β-unsaturated/α-hetero) is 1. The second kappa shape index (κ2) is 9.05. The number of carbonyl (C=O) groups excluding carboxylic acids is 2. The number of hydrogen-bond donors (Lipinski definition) is 0. The largest absolute Gasteiger partial charge is 0.490 e. The summed E-state index contributed by atoms with van der Waals surface area (Å²) in [5, 5.41) is 0. The van der Waals surface area contributed by atoms with Crippen molar-refractivity contribution in [3.8, 4) is 22.6 Å². The number of amides is 1. The summed E-state index contributed by atoms with van der Waals surface area (Å²) in [7, 11) is 0. The maximum Gasteiger partial charge on any atom is 0.256 e. The predicted octanol–water partition coefficient (Wildman–Crippen LogP) is 4.13. The van der Waals surface area contributed by atoms with Gasteiger partial charge in [0.25, 0.3) is 5.91 Å². The number of likely N-dealkylation sites (tertiary alicyclic amines) is 1. The Morgan fingerprint density at radius 2 is 1.91 bits per heavy atom. The third-order valence-electron chi connectivity index (χ3n) is 6.17. The number of pyridine rings is 1. The Hall–Kier alpha value is -3.88. The number of halogens is 3. The van der Waals surface area contributed by atoms with Gasteiger partial charge in [-0.2, -0.15) is 4.39 Å². The van der Waals surface area contributed by atoms with E-state index in [1.807, 2.05) is 0 Å². The van der Waals surface area contributed by atoms with Gasteiger partial charge < -0.3 is 14.4 Å². The zero-order chi connectivity index (χ0) is 24.7. The van der Waals surface area contributed by atoms with E-state index in [1.54, 1.807) is 19.1 Å². The topological polar surface area (TPSA) is 68.7 Å². The standard InChI is InChI=1S/C26H21F3N2O4/c1-14-19(3-5-25(29)30-14)16-2-4-23(22(28)8-16)34-12-15-10-31(11-15)26(33)20-7-17-6-18(32)13-35-24(17)9-21(20)27/h2-5,7-9,15H,6,10-13H2,1H3. The normalized spacial score (nSPS) is 15.3. The highest BCUT2D eigenvalue weighted by molar-refractivity contribution is 5.96. The summed E-state index contributed by atoms with van der Waals surface area (Å²) in [4.78, 5) is 29.6. The molecule has 0 saturated carbocycles. The molecule has 9 heteroatoms. The summed E-state index contributed by atoms with van der Waals surface area (Å²) in [6, 6.07) is 9.77. The summed E-state index contributed by atoms with van der Waals surface area (Å²) in [6.07, 6.45) is 0.105. The van der Waals surface area contributed by atoms with Gasteiger partial charge in [-0.3, -0.25) is 9.59 Å². The molecule has 1 saturated heterocycles. The van der Waals surface area contributed by atoms with E-state index in [-0.39, 0.29) is 48.4 Å². The van der Waals surface area contributed by atoms with Crippen LogP contribution in [0.15, 0.2) is 42.5 Å². The van der Waals surface area contributed by atoms with Crippen LogP contribution in [-0.4, -0.2) is 47.9 Å². The minimum absolute atomic E-state index is 0.0350. The van der Waals surface area contributed by atoms with Gasteiger partial charge in [-0.15, -0.1) is 0 Å². The highest BCUT2D eigenvalue weighted by Crippen LogP contribution is 2.30. The van der Waals surface area contributed by atoms with Crippen molar-refractivity contribution in [1.82, 2.24) is 9.88 Å². The lowest BCUT2D eigenvalue weighted by Crippen LogP contribution is -2.52. The summed E-state index contributed by atoms with van der Waals surface area (Å²) in [6.45, 7) is 2.41. The Morgan fingerprint density at radius 3 is 2.66 bits per heavy atom. The fourth-order valence-electron chi connectivity index (χ4n) is 4.30. The number of aryl methyl sites for hydroxylation is 1. The van der Waals surface area contributed by atoms with Crippen molar-refractivity contribution >= 4 is 11.7 Å². The molecular formula is C26H21F3N2O4. The van der Waals surface area contributed by atoms with Crippen LogP contribution < -0.4 is 9.47 Å². The molecule has 3 heterocycles. The molecule has 2 aliphatic heterocycles. The van der Waals surface area contributed by atoms with E-state index in [0.717, 1.165) is 6.07 Å². The van der Waals surface area contributed by atoms with Crippen molar-refractivity contribution in [2.24, 2.45) is 5.92 Å². The van der Waals surface area contributed by atoms with E-state index in [9.17, 15) is 22.8 Å². The van der Waals surface area contributed by atoms with E-state index in [4.69, 9.17) is 9.47 Å². The Kier molecular flexibility index (Phi) is 5.92. The van der Waals surface area contributed by atoms with Crippen LogP contribution in [0, 0.1) is 30.4 Å². The van der Waals surface area contributed by atoms with Crippen molar-refractivity contribution in [2.45, 2.75) is 13.3 Å². The van der Waals surface area contributed by atoms with Crippen molar-refractivity contribution in [1.29, 1.82) is 0 Å². The maximum absolute atomic E-state index is 14.6. The Labute approximate surface area is 199 Å². The molecular weight excluding hydrogens is 461 g/mol. The fourth-order valence-corrected chi connectivity index (χ4v) is 4.30. The molecule has 1 fully saturated rings. The fraction of sp³-hybridized carbons (Fsp3) is 0.269. The third kappa shape index (κ3) is 4.58. The quantitative estimate of drug-likeness (QED) is 0.512. The van der Waals surface area contributed by atoms with Crippen LogP contribution in [0.3, 0.4) is 0 Å². The molecule has 2 aromatic carbocycles. The lowest BCUT2D eigenvalue weighted by molar-refractivity contribution is -0.121. The number of aromatic nitrogens is 1. The summed E-state index contributed by atoms with van der Waals surface area (Å²) in [5.74, 6) is -2.15. The van der Waals surface area contributed by atoms with Crippen molar-refractivity contribution < 1.29 is 32.2 Å². The molecule has 0 aliphatic carbocycles. The highest BCUT2D eigenvalue weighted by atomic mass is 19.1. The van der Waals surface area contributed by atoms with Crippen LogP contribution in [0.5, 0.6) is 11.5 Å². The summed E-state index contributed by atoms with van der Waals surface area (Å²) >= 11 is 0. The average molecular weight is 482 g/mol.